The summed E-state index contributed by atoms with van der Waals surface area (Å²) < 4.78 is 53.2. The summed E-state index contributed by atoms with van der Waals surface area (Å²) in [5, 5.41) is 0. The van der Waals surface area contributed by atoms with E-state index in [0.29, 0.717) is 26.2 Å². The highest BCUT2D eigenvalue weighted by Crippen LogP contribution is 2.26. The zero-order valence-electron chi connectivity index (χ0n) is 13.9. The topological polar surface area (TPSA) is 59.1 Å². The Balaban J connectivity index is 1.74. The second-order valence-electron chi connectivity index (χ2n) is 6.35. The number of ether oxygens (including phenoxy) is 2. The van der Waals surface area contributed by atoms with Gasteiger partial charge in [0.2, 0.25) is 0 Å². The van der Waals surface area contributed by atoms with Crippen molar-refractivity contribution in [2.75, 3.05) is 32.8 Å². The number of halogens is 1. The molecule has 2 aliphatic rings. The third-order valence-electron chi connectivity index (χ3n) is 4.31. The van der Waals surface area contributed by atoms with E-state index in [0.717, 1.165) is 5.56 Å². The van der Waals surface area contributed by atoms with Crippen molar-refractivity contribution < 1.29 is 22.3 Å². The first kappa shape index (κ1) is 17.8. The lowest BCUT2D eigenvalue weighted by Gasteiger charge is -2.39. The van der Waals surface area contributed by atoms with Crippen molar-refractivity contribution >= 4 is 10.2 Å². The third kappa shape index (κ3) is 3.78. The summed E-state index contributed by atoms with van der Waals surface area (Å²) in [7, 11) is -3.57. The monoisotopic (exact) mass is 358 g/mol. The Kier molecular flexibility index (Phi) is 5.22. The van der Waals surface area contributed by atoms with Crippen LogP contribution in [0.25, 0.3) is 0 Å². The second-order valence-corrected chi connectivity index (χ2v) is 8.28. The largest absolute Gasteiger partial charge is 0.373 e. The lowest BCUT2D eigenvalue weighted by atomic mass is 10.1. The van der Waals surface area contributed by atoms with Crippen LogP contribution in [0.4, 0.5) is 4.39 Å². The minimum absolute atomic E-state index is 0.127. The maximum absolute atomic E-state index is 13.1. The summed E-state index contributed by atoms with van der Waals surface area (Å²) in [6.45, 7) is 5.32. The fraction of sp³-hybridized carbons (Fsp3) is 0.625. The Hall–Kier alpha value is -1.06. The Labute approximate surface area is 142 Å². The Morgan fingerprint density at radius 1 is 1.04 bits per heavy atom. The van der Waals surface area contributed by atoms with Crippen molar-refractivity contribution in [2.24, 2.45) is 0 Å². The van der Waals surface area contributed by atoms with Crippen molar-refractivity contribution in [1.29, 1.82) is 0 Å². The van der Waals surface area contributed by atoms with Crippen LogP contribution in [-0.2, 0) is 19.7 Å². The van der Waals surface area contributed by atoms with Crippen LogP contribution in [-0.4, -0.2) is 62.0 Å². The summed E-state index contributed by atoms with van der Waals surface area (Å²) in [6, 6.07) is 5.99. The zero-order chi connectivity index (χ0) is 17.3. The zero-order valence-corrected chi connectivity index (χ0v) is 14.7. The van der Waals surface area contributed by atoms with E-state index < -0.39 is 10.2 Å². The van der Waals surface area contributed by atoms with E-state index >= 15 is 0 Å². The number of morpholine rings is 2. The van der Waals surface area contributed by atoms with Gasteiger partial charge in [0, 0.05) is 26.2 Å². The highest BCUT2D eigenvalue weighted by Gasteiger charge is 2.38. The molecular weight excluding hydrogens is 335 g/mol. The van der Waals surface area contributed by atoms with Gasteiger partial charge in [0.1, 0.15) is 5.82 Å². The Bertz CT molecular complexity index is 657. The molecule has 0 bridgehead atoms. The van der Waals surface area contributed by atoms with E-state index in [2.05, 4.69) is 0 Å². The summed E-state index contributed by atoms with van der Waals surface area (Å²) in [4.78, 5) is 0. The molecule has 1 aromatic rings. The van der Waals surface area contributed by atoms with Crippen molar-refractivity contribution in [3.05, 3.63) is 35.6 Å². The molecule has 2 heterocycles. The lowest BCUT2D eigenvalue weighted by molar-refractivity contribution is -0.0483. The number of nitrogens with zero attached hydrogens (tertiary/aromatic N) is 2. The average molecular weight is 358 g/mol. The fourth-order valence-corrected chi connectivity index (χ4v) is 4.95. The standard InChI is InChI=1S/C16H23FN2O4S/c1-12-9-19(10-13(2)23-12)24(20,21)18-7-8-22-16(11-18)14-3-5-15(17)6-4-14/h3-6,12-13,16H,7-11H2,1-2H3. The van der Waals surface area contributed by atoms with Crippen LogP contribution in [0.15, 0.2) is 24.3 Å². The minimum Gasteiger partial charge on any atom is -0.373 e. The van der Waals surface area contributed by atoms with Gasteiger partial charge in [-0.05, 0) is 31.5 Å². The molecule has 0 radical (unpaired) electrons. The maximum atomic E-state index is 13.1. The van der Waals surface area contributed by atoms with E-state index in [4.69, 9.17) is 9.47 Å². The molecule has 3 unspecified atom stereocenters. The van der Waals surface area contributed by atoms with Crippen LogP contribution in [0.1, 0.15) is 25.5 Å². The second kappa shape index (κ2) is 7.05. The van der Waals surface area contributed by atoms with Crippen molar-refractivity contribution in [2.45, 2.75) is 32.2 Å². The quantitative estimate of drug-likeness (QED) is 0.823. The van der Waals surface area contributed by atoms with Crippen molar-refractivity contribution in [1.82, 2.24) is 8.61 Å². The SMILES string of the molecule is CC1CN(S(=O)(=O)N2CCOC(c3ccc(F)cc3)C2)CC(C)O1. The predicted octanol–water partition coefficient (Wildman–Crippen LogP) is 1.55. The molecule has 24 heavy (non-hydrogen) atoms. The molecule has 2 aliphatic heterocycles. The summed E-state index contributed by atoms with van der Waals surface area (Å²) in [5.74, 6) is -0.324. The summed E-state index contributed by atoms with van der Waals surface area (Å²) in [6.07, 6.45) is -0.639. The summed E-state index contributed by atoms with van der Waals surface area (Å²) in [5.41, 5.74) is 0.778. The van der Waals surface area contributed by atoms with Gasteiger partial charge in [-0.1, -0.05) is 12.1 Å². The van der Waals surface area contributed by atoms with Gasteiger partial charge >= 0.3 is 0 Å². The molecule has 3 atom stereocenters. The Morgan fingerprint density at radius 2 is 1.67 bits per heavy atom. The van der Waals surface area contributed by atoms with Crippen LogP contribution in [0.2, 0.25) is 0 Å². The maximum Gasteiger partial charge on any atom is 0.282 e. The van der Waals surface area contributed by atoms with E-state index in [1.807, 2.05) is 13.8 Å². The number of benzene rings is 1. The molecule has 0 spiro atoms. The molecule has 1 aromatic carbocycles. The van der Waals surface area contributed by atoms with Gasteiger partial charge in [0.15, 0.2) is 0 Å². The van der Waals surface area contributed by atoms with Gasteiger partial charge in [-0.3, -0.25) is 0 Å². The molecule has 0 aromatic heterocycles. The molecule has 0 aliphatic carbocycles. The first-order chi connectivity index (χ1) is 11.4. The molecular formula is C16H23FN2O4S. The van der Waals surface area contributed by atoms with Gasteiger partial charge in [0.25, 0.3) is 10.2 Å². The normalized spacial score (nSPS) is 30.4. The predicted molar refractivity (Wildman–Crippen MR) is 87.2 cm³/mol. The van der Waals surface area contributed by atoms with Crippen molar-refractivity contribution in [3.63, 3.8) is 0 Å². The lowest BCUT2D eigenvalue weighted by Crippen LogP contribution is -2.55. The fourth-order valence-electron chi connectivity index (χ4n) is 3.20. The average Bonchev–Trinajstić information content (AvgIpc) is 2.55. The molecule has 3 rings (SSSR count). The first-order valence-corrected chi connectivity index (χ1v) is 9.53. The molecule has 8 heteroatoms. The number of hydrogen-bond acceptors (Lipinski definition) is 4. The van der Waals surface area contributed by atoms with Crippen LogP contribution in [0.5, 0.6) is 0 Å². The molecule has 2 fully saturated rings. The van der Waals surface area contributed by atoms with Crippen LogP contribution in [0.3, 0.4) is 0 Å². The smallest absolute Gasteiger partial charge is 0.282 e. The number of hydrogen-bond donors (Lipinski definition) is 0. The highest BCUT2D eigenvalue weighted by molar-refractivity contribution is 7.86. The molecule has 0 saturated carbocycles. The molecule has 134 valence electrons. The number of rotatable bonds is 3. The van der Waals surface area contributed by atoms with Crippen LogP contribution in [0, 0.1) is 5.82 Å². The van der Waals surface area contributed by atoms with Crippen LogP contribution >= 0.6 is 0 Å². The highest BCUT2D eigenvalue weighted by atomic mass is 32.2. The minimum atomic E-state index is -3.57. The van der Waals surface area contributed by atoms with Crippen molar-refractivity contribution in [3.8, 4) is 0 Å². The van der Waals surface area contributed by atoms with Gasteiger partial charge in [-0.25, -0.2) is 4.39 Å². The van der Waals surface area contributed by atoms with E-state index in [9.17, 15) is 12.8 Å². The van der Waals surface area contributed by atoms with Crippen LogP contribution < -0.4 is 0 Å². The third-order valence-corrected chi connectivity index (χ3v) is 6.24. The molecule has 2 saturated heterocycles. The van der Waals surface area contributed by atoms with Gasteiger partial charge in [0.05, 0.1) is 24.9 Å². The molecule has 6 nitrogen and oxygen atoms in total. The molecule has 0 amide bonds. The first-order valence-electron chi connectivity index (χ1n) is 8.14. The van der Waals surface area contributed by atoms with E-state index in [1.165, 1.54) is 20.7 Å². The van der Waals surface area contributed by atoms with Gasteiger partial charge in [-0.15, -0.1) is 0 Å². The van der Waals surface area contributed by atoms with E-state index in [1.54, 1.807) is 12.1 Å². The molecule has 0 N–H and O–H groups in total. The van der Waals surface area contributed by atoms with Gasteiger partial charge in [-0.2, -0.15) is 17.0 Å². The Morgan fingerprint density at radius 3 is 2.29 bits per heavy atom. The van der Waals surface area contributed by atoms with Gasteiger partial charge < -0.3 is 9.47 Å². The van der Waals surface area contributed by atoms with E-state index in [-0.39, 0.29) is 30.7 Å². The summed E-state index contributed by atoms with van der Waals surface area (Å²) >= 11 is 0.